The number of hydrogen-bond donors (Lipinski definition) is 1. The minimum atomic E-state index is -0.372. The zero-order valence-electron chi connectivity index (χ0n) is 10.5. The number of nitrogen functional groups attached to an aromatic ring is 1. The Morgan fingerprint density at radius 3 is 2.50 bits per heavy atom. The summed E-state index contributed by atoms with van der Waals surface area (Å²) in [5.74, 6) is 0. The number of rotatable bonds is 5. The number of nitrogens with two attached hydrogens (primary N) is 1. The van der Waals surface area contributed by atoms with Crippen LogP contribution in [-0.2, 0) is 0 Å². The van der Waals surface area contributed by atoms with Gasteiger partial charge >= 0.3 is 0 Å². The van der Waals surface area contributed by atoms with E-state index in [0.29, 0.717) is 10.7 Å². The first-order chi connectivity index (χ1) is 9.58. The van der Waals surface area contributed by atoms with Crippen LogP contribution in [0.15, 0.2) is 53.4 Å². The molecule has 0 aliphatic carbocycles. The molecule has 2 aromatic rings. The summed E-state index contributed by atoms with van der Waals surface area (Å²) in [5, 5.41) is 11.0. The van der Waals surface area contributed by atoms with Gasteiger partial charge in [0.1, 0.15) is 5.25 Å². The van der Waals surface area contributed by atoms with Crippen LogP contribution < -0.4 is 5.73 Å². The third-order valence-corrected chi connectivity index (χ3v) is 4.41. The smallest absolute Gasteiger partial charge is 0.220 e. The lowest BCUT2D eigenvalue weighted by Gasteiger charge is -2.15. The molecule has 0 bridgehead atoms. The highest BCUT2D eigenvalue weighted by Crippen LogP contribution is 2.40. The topological polar surface area (TPSA) is 69.2 Å². The van der Waals surface area contributed by atoms with Crippen LogP contribution in [0.1, 0.15) is 10.8 Å². The lowest BCUT2D eigenvalue weighted by atomic mass is 10.1. The molecule has 2 rings (SSSR count). The van der Waals surface area contributed by atoms with Crippen LogP contribution in [0.2, 0.25) is 5.02 Å². The highest BCUT2D eigenvalue weighted by molar-refractivity contribution is 7.99. The summed E-state index contributed by atoms with van der Waals surface area (Å²) < 4.78 is 0. The predicted molar refractivity (Wildman–Crippen MR) is 82.8 cm³/mol. The minimum absolute atomic E-state index is 0.206. The van der Waals surface area contributed by atoms with E-state index in [1.807, 2.05) is 30.3 Å². The number of nitrogens with zero attached hydrogens (tertiary/aromatic N) is 1. The number of benzene rings is 2. The molecule has 2 aromatic carbocycles. The van der Waals surface area contributed by atoms with Crippen molar-refractivity contribution in [1.82, 2.24) is 0 Å². The molecule has 2 N–H and O–H groups in total. The summed E-state index contributed by atoms with van der Waals surface area (Å²) >= 11 is 7.50. The molecule has 0 fully saturated rings. The van der Waals surface area contributed by atoms with Crippen LogP contribution in [0.25, 0.3) is 0 Å². The molecule has 20 heavy (non-hydrogen) atoms. The van der Waals surface area contributed by atoms with Gasteiger partial charge in [0, 0.05) is 20.5 Å². The van der Waals surface area contributed by atoms with E-state index in [4.69, 9.17) is 17.3 Å². The molecule has 0 aliphatic heterocycles. The van der Waals surface area contributed by atoms with Crippen LogP contribution in [0.5, 0.6) is 0 Å². The van der Waals surface area contributed by atoms with Gasteiger partial charge in [-0.3, -0.25) is 10.1 Å². The fourth-order valence-corrected chi connectivity index (χ4v) is 3.34. The van der Waals surface area contributed by atoms with Crippen molar-refractivity contribution in [1.29, 1.82) is 0 Å². The Morgan fingerprint density at radius 2 is 1.85 bits per heavy atom. The maximum Gasteiger partial charge on any atom is 0.220 e. The van der Waals surface area contributed by atoms with E-state index < -0.39 is 0 Å². The number of anilines is 1. The van der Waals surface area contributed by atoms with E-state index in [-0.39, 0.29) is 16.7 Å². The standard InChI is InChI=1S/C14H13ClN2O2S/c15-11-6-2-1-5-10(11)14(9-17(18)19)20-13-8-4-3-7-12(13)16/h1-8,14H,9,16H2. The average Bonchev–Trinajstić information content (AvgIpc) is 2.40. The van der Waals surface area contributed by atoms with E-state index in [1.54, 1.807) is 18.2 Å². The molecule has 1 atom stereocenters. The number of nitro groups is 1. The molecule has 104 valence electrons. The van der Waals surface area contributed by atoms with Crippen molar-refractivity contribution in [2.24, 2.45) is 0 Å². The first-order valence-corrected chi connectivity index (χ1v) is 7.21. The molecule has 0 heterocycles. The molecule has 6 heteroatoms. The highest BCUT2D eigenvalue weighted by Gasteiger charge is 2.22. The van der Waals surface area contributed by atoms with E-state index in [1.165, 1.54) is 11.8 Å². The Morgan fingerprint density at radius 1 is 1.20 bits per heavy atom. The monoisotopic (exact) mass is 308 g/mol. The largest absolute Gasteiger partial charge is 0.398 e. The van der Waals surface area contributed by atoms with E-state index >= 15 is 0 Å². The summed E-state index contributed by atoms with van der Waals surface area (Å²) in [6, 6.07) is 14.5. The Labute approximate surface area is 126 Å². The van der Waals surface area contributed by atoms with Crippen molar-refractivity contribution >= 4 is 29.1 Å². The van der Waals surface area contributed by atoms with Crippen LogP contribution in [0.4, 0.5) is 5.69 Å². The van der Waals surface area contributed by atoms with Crippen LogP contribution >= 0.6 is 23.4 Å². The van der Waals surface area contributed by atoms with Crippen molar-refractivity contribution in [3.05, 3.63) is 69.2 Å². The summed E-state index contributed by atoms with van der Waals surface area (Å²) in [5.41, 5.74) is 7.25. The van der Waals surface area contributed by atoms with Gasteiger partial charge in [-0.05, 0) is 23.8 Å². The second-order valence-corrected chi connectivity index (χ2v) is 5.83. The maximum atomic E-state index is 10.9. The van der Waals surface area contributed by atoms with Gasteiger partial charge in [0.15, 0.2) is 0 Å². The molecular formula is C14H13ClN2O2S. The van der Waals surface area contributed by atoms with E-state index in [2.05, 4.69) is 0 Å². The van der Waals surface area contributed by atoms with Crippen LogP contribution in [-0.4, -0.2) is 11.5 Å². The van der Waals surface area contributed by atoms with Crippen molar-refractivity contribution < 1.29 is 4.92 Å². The van der Waals surface area contributed by atoms with Gasteiger partial charge in [0.25, 0.3) is 0 Å². The van der Waals surface area contributed by atoms with Crippen LogP contribution in [0.3, 0.4) is 0 Å². The Hall–Kier alpha value is -1.72. The molecular weight excluding hydrogens is 296 g/mol. The normalized spacial score (nSPS) is 12.1. The van der Waals surface area contributed by atoms with Gasteiger partial charge in [-0.25, -0.2) is 0 Å². The van der Waals surface area contributed by atoms with Crippen molar-refractivity contribution in [2.75, 3.05) is 12.3 Å². The summed E-state index contributed by atoms with van der Waals surface area (Å²) in [4.78, 5) is 11.4. The number of thioether (sulfide) groups is 1. The fraction of sp³-hybridized carbons (Fsp3) is 0.143. The average molecular weight is 309 g/mol. The molecule has 0 aromatic heterocycles. The number of para-hydroxylation sites is 1. The van der Waals surface area contributed by atoms with Gasteiger partial charge in [0.05, 0.1) is 0 Å². The third-order valence-electron chi connectivity index (χ3n) is 2.76. The molecule has 0 amide bonds. The zero-order valence-corrected chi connectivity index (χ0v) is 12.1. The first-order valence-electron chi connectivity index (χ1n) is 5.95. The summed E-state index contributed by atoms with van der Waals surface area (Å²) in [6.45, 7) is -0.206. The van der Waals surface area contributed by atoms with Crippen molar-refractivity contribution in [3.63, 3.8) is 0 Å². The van der Waals surface area contributed by atoms with Gasteiger partial charge in [-0.2, -0.15) is 0 Å². The number of halogens is 1. The van der Waals surface area contributed by atoms with Crippen LogP contribution in [0, 0.1) is 10.1 Å². The van der Waals surface area contributed by atoms with Gasteiger partial charge in [0.2, 0.25) is 6.54 Å². The Balaban J connectivity index is 2.32. The summed E-state index contributed by atoms with van der Waals surface area (Å²) in [6.07, 6.45) is 0. The highest BCUT2D eigenvalue weighted by atomic mass is 35.5. The predicted octanol–water partition coefficient (Wildman–Crippen LogP) is 4.03. The van der Waals surface area contributed by atoms with Gasteiger partial charge in [-0.1, -0.05) is 41.9 Å². The SMILES string of the molecule is Nc1ccccc1SC(C[N+](=O)[O-])c1ccccc1Cl. The second kappa shape index (κ2) is 6.63. The van der Waals surface area contributed by atoms with Crippen molar-refractivity contribution in [3.8, 4) is 0 Å². The number of hydrogen-bond acceptors (Lipinski definition) is 4. The van der Waals surface area contributed by atoms with E-state index in [0.717, 1.165) is 10.5 Å². The summed E-state index contributed by atoms with van der Waals surface area (Å²) in [7, 11) is 0. The van der Waals surface area contributed by atoms with Gasteiger partial charge < -0.3 is 5.73 Å². The Bertz CT molecular complexity index is 622. The molecule has 4 nitrogen and oxygen atoms in total. The quantitative estimate of drug-likeness (QED) is 0.392. The fourth-order valence-electron chi connectivity index (χ4n) is 1.81. The molecule has 0 radical (unpaired) electrons. The molecule has 1 unspecified atom stereocenters. The lowest BCUT2D eigenvalue weighted by molar-refractivity contribution is -0.479. The maximum absolute atomic E-state index is 10.9. The first kappa shape index (κ1) is 14.7. The zero-order chi connectivity index (χ0) is 14.5. The minimum Gasteiger partial charge on any atom is -0.398 e. The van der Waals surface area contributed by atoms with E-state index in [9.17, 15) is 10.1 Å². The molecule has 0 spiro atoms. The van der Waals surface area contributed by atoms with Crippen molar-refractivity contribution in [2.45, 2.75) is 10.1 Å². The molecule has 0 saturated heterocycles. The second-order valence-electron chi connectivity index (χ2n) is 4.18. The molecule has 0 saturated carbocycles. The van der Waals surface area contributed by atoms with Gasteiger partial charge in [-0.15, -0.1) is 11.8 Å². The lowest BCUT2D eigenvalue weighted by Crippen LogP contribution is -2.10. The molecule has 0 aliphatic rings. The Kier molecular flexibility index (Phi) is 4.87. The third kappa shape index (κ3) is 3.65.